The third-order valence-corrected chi connectivity index (χ3v) is 7.84. The SMILES string of the molecule is CN=Cc1cc(-c2ccc3cc(C4(O)CC5(CCCCC5)C4)sc3n2)cnc1N. The first-order chi connectivity index (χ1) is 14.0. The fourth-order valence-corrected chi connectivity index (χ4v) is 6.32. The van der Waals surface area contributed by atoms with Gasteiger partial charge in [0.1, 0.15) is 10.6 Å². The summed E-state index contributed by atoms with van der Waals surface area (Å²) in [5.74, 6) is 0.461. The van der Waals surface area contributed by atoms with Gasteiger partial charge in [0.05, 0.1) is 11.3 Å². The van der Waals surface area contributed by atoms with Gasteiger partial charge in [0.2, 0.25) is 0 Å². The molecular weight excluding hydrogens is 380 g/mol. The Hall–Kier alpha value is -2.31. The maximum Gasteiger partial charge on any atom is 0.132 e. The van der Waals surface area contributed by atoms with E-state index in [1.165, 1.54) is 32.1 Å². The third-order valence-electron chi connectivity index (χ3n) is 6.60. The number of aromatic nitrogens is 2. The lowest BCUT2D eigenvalue weighted by Gasteiger charge is -2.55. The zero-order valence-corrected chi connectivity index (χ0v) is 17.5. The topological polar surface area (TPSA) is 84.4 Å². The normalized spacial score (nSPS) is 20.3. The van der Waals surface area contributed by atoms with Crippen molar-refractivity contribution < 1.29 is 5.11 Å². The van der Waals surface area contributed by atoms with Crippen molar-refractivity contribution in [3.8, 4) is 11.3 Å². The highest BCUT2D eigenvalue weighted by atomic mass is 32.1. The van der Waals surface area contributed by atoms with Gasteiger partial charge in [-0.1, -0.05) is 19.3 Å². The van der Waals surface area contributed by atoms with Crippen molar-refractivity contribution in [3.05, 3.63) is 40.9 Å². The molecule has 5 rings (SSSR count). The van der Waals surface area contributed by atoms with Crippen molar-refractivity contribution in [1.29, 1.82) is 0 Å². The van der Waals surface area contributed by atoms with E-state index < -0.39 is 5.60 Å². The lowest BCUT2D eigenvalue weighted by atomic mass is 9.53. The van der Waals surface area contributed by atoms with Crippen LogP contribution in [0.25, 0.3) is 21.5 Å². The van der Waals surface area contributed by atoms with E-state index in [-0.39, 0.29) is 0 Å². The van der Waals surface area contributed by atoms with E-state index >= 15 is 0 Å². The molecule has 2 aliphatic carbocycles. The van der Waals surface area contributed by atoms with Gasteiger partial charge < -0.3 is 10.8 Å². The number of aliphatic imine (C=N–C) groups is 1. The Kier molecular flexibility index (Phi) is 4.44. The molecule has 0 atom stereocenters. The van der Waals surface area contributed by atoms with E-state index in [1.807, 2.05) is 12.1 Å². The van der Waals surface area contributed by atoms with Gasteiger partial charge in [-0.25, -0.2) is 9.97 Å². The first kappa shape index (κ1) is 18.7. The molecule has 150 valence electrons. The molecule has 3 N–H and O–H groups in total. The lowest BCUT2D eigenvalue weighted by Crippen LogP contribution is -2.50. The second-order valence-electron chi connectivity index (χ2n) is 8.73. The van der Waals surface area contributed by atoms with Crippen LogP contribution in [0.5, 0.6) is 0 Å². The molecule has 1 spiro atoms. The first-order valence-corrected chi connectivity index (χ1v) is 11.1. The van der Waals surface area contributed by atoms with Crippen molar-refractivity contribution in [2.45, 2.75) is 50.5 Å². The van der Waals surface area contributed by atoms with Crippen molar-refractivity contribution in [1.82, 2.24) is 9.97 Å². The van der Waals surface area contributed by atoms with Crippen LogP contribution in [0.15, 0.2) is 35.5 Å². The Morgan fingerprint density at radius 3 is 2.72 bits per heavy atom. The van der Waals surface area contributed by atoms with E-state index in [4.69, 9.17) is 10.7 Å². The standard InChI is InChI=1S/C23H26N4OS/c1-25-11-17-9-16(12-26-20(17)24)18-6-5-15-10-19(29-21(15)27-18)23(28)13-22(14-23)7-3-2-4-8-22/h5-6,9-12,28H,2-4,7-8,13-14H2,1H3,(H2,24,26). The smallest absolute Gasteiger partial charge is 0.132 e. The fourth-order valence-electron chi connectivity index (χ4n) is 5.20. The van der Waals surface area contributed by atoms with Crippen LogP contribution in [-0.4, -0.2) is 28.3 Å². The molecule has 5 nitrogen and oxygen atoms in total. The molecule has 0 aliphatic heterocycles. The van der Waals surface area contributed by atoms with Crippen LogP contribution >= 0.6 is 11.3 Å². The van der Waals surface area contributed by atoms with Gasteiger partial charge in [0.25, 0.3) is 0 Å². The molecular formula is C23H26N4OS. The van der Waals surface area contributed by atoms with Crippen LogP contribution in [0.4, 0.5) is 5.82 Å². The summed E-state index contributed by atoms with van der Waals surface area (Å²) in [6, 6.07) is 8.18. The molecule has 3 aromatic rings. The molecule has 2 aliphatic rings. The highest BCUT2D eigenvalue weighted by Gasteiger charge is 2.54. The zero-order chi connectivity index (χ0) is 20.1. The third kappa shape index (κ3) is 3.24. The maximum absolute atomic E-state index is 11.3. The Morgan fingerprint density at radius 1 is 1.17 bits per heavy atom. The molecule has 3 heterocycles. The molecule has 6 heteroatoms. The molecule has 0 bridgehead atoms. The molecule has 0 radical (unpaired) electrons. The predicted molar refractivity (Wildman–Crippen MR) is 119 cm³/mol. The van der Waals surface area contributed by atoms with Crippen LogP contribution in [0.2, 0.25) is 0 Å². The number of pyridine rings is 2. The molecule has 3 aromatic heterocycles. The summed E-state index contributed by atoms with van der Waals surface area (Å²) >= 11 is 1.62. The minimum absolute atomic E-state index is 0.384. The summed E-state index contributed by atoms with van der Waals surface area (Å²) in [5.41, 5.74) is 8.20. The number of nitrogens with two attached hydrogens (primary N) is 1. The number of fused-ring (bicyclic) bond motifs is 1. The van der Waals surface area contributed by atoms with Gasteiger partial charge in [-0.3, -0.25) is 4.99 Å². The van der Waals surface area contributed by atoms with E-state index in [2.05, 4.69) is 22.1 Å². The Labute approximate surface area is 174 Å². The molecule has 0 amide bonds. The molecule has 2 fully saturated rings. The Morgan fingerprint density at radius 2 is 1.97 bits per heavy atom. The van der Waals surface area contributed by atoms with Gasteiger partial charge in [-0.2, -0.15) is 0 Å². The minimum Gasteiger partial charge on any atom is -0.384 e. The average Bonchev–Trinajstić information content (AvgIpc) is 3.13. The number of nitrogens with zero attached hydrogens (tertiary/aromatic N) is 3. The number of nitrogen functional groups attached to an aromatic ring is 1. The largest absolute Gasteiger partial charge is 0.384 e. The van der Waals surface area contributed by atoms with Gasteiger partial charge in [-0.05, 0) is 55.4 Å². The van der Waals surface area contributed by atoms with Crippen LogP contribution in [0.1, 0.15) is 55.4 Å². The Bertz CT molecular complexity index is 1090. The monoisotopic (exact) mass is 406 g/mol. The quantitative estimate of drug-likeness (QED) is 0.605. The number of rotatable bonds is 3. The average molecular weight is 407 g/mol. The second-order valence-corrected chi connectivity index (χ2v) is 9.76. The molecule has 0 aromatic carbocycles. The summed E-state index contributed by atoms with van der Waals surface area (Å²) in [6.45, 7) is 0. The number of hydrogen-bond acceptors (Lipinski definition) is 6. The number of anilines is 1. The summed E-state index contributed by atoms with van der Waals surface area (Å²) in [5, 5.41) is 12.3. The fraction of sp³-hybridized carbons (Fsp3) is 0.435. The van der Waals surface area contributed by atoms with Gasteiger partial charge in [0, 0.05) is 40.8 Å². The summed E-state index contributed by atoms with van der Waals surface area (Å²) < 4.78 is 0. The van der Waals surface area contributed by atoms with Crippen molar-refractivity contribution >= 4 is 33.6 Å². The molecule has 0 unspecified atom stereocenters. The van der Waals surface area contributed by atoms with Crippen molar-refractivity contribution in [2.24, 2.45) is 10.4 Å². The number of aliphatic hydroxyl groups is 1. The summed E-state index contributed by atoms with van der Waals surface area (Å²) in [6.07, 6.45) is 11.8. The van der Waals surface area contributed by atoms with Crippen LogP contribution < -0.4 is 5.73 Å². The zero-order valence-electron chi connectivity index (χ0n) is 16.7. The molecule has 2 saturated carbocycles. The van der Waals surface area contributed by atoms with E-state index in [0.29, 0.717) is 11.2 Å². The molecule has 0 saturated heterocycles. The van der Waals surface area contributed by atoms with Crippen LogP contribution in [-0.2, 0) is 5.60 Å². The summed E-state index contributed by atoms with van der Waals surface area (Å²) in [4.78, 5) is 15.2. The van der Waals surface area contributed by atoms with Gasteiger partial charge >= 0.3 is 0 Å². The Balaban J connectivity index is 1.45. The first-order valence-electron chi connectivity index (χ1n) is 10.3. The van der Waals surface area contributed by atoms with Crippen molar-refractivity contribution in [3.63, 3.8) is 0 Å². The number of thiophene rings is 1. The second kappa shape index (κ2) is 6.89. The highest BCUT2D eigenvalue weighted by molar-refractivity contribution is 7.18. The van der Waals surface area contributed by atoms with Crippen LogP contribution in [0.3, 0.4) is 0 Å². The maximum atomic E-state index is 11.3. The van der Waals surface area contributed by atoms with Gasteiger partial charge in [0.15, 0.2) is 0 Å². The minimum atomic E-state index is -0.670. The van der Waals surface area contributed by atoms with E-state index in [1.54, 1.807) is 30.8 Å². The lowest BCUT2D eigenvalue weighted by molar-refractivity contribution is -0.146. The van der Waals surface area contributed by atoms with E-state index in [9.17, 15) is 5.11 Å². The molecule has 29 heavy (non-hydrogen) atoms. The summed E-state index contributed by atoms with van der Waals surface area (Å²) in [7, 11) is 1.71. The van der Waals surface area contributed by atoms with E-state index in [0.717, 1.165) is 44.8 Å². The predicted octanol–water partition coefficient (Wildman–Crippen LogP) is 4.92. The number of hydrogen-bond donors (Lipinski definition) is 2. The van der Waals surface area contributed by atoms with Crippen molar-refractivity contribution in [2.75, 3.05) is 12.8 Å². The van der Waals surface area contributed by atoms with Crippen LogP contribution in [0, 0.1) is 5.41 Å². The highest BCUT2D eigenvalue weighted by Crippen LogP contribution is 2.61. The van der Waals surface area contributed by atoms with Gasteiger partial charge in [-0.15, -0.1) is 11.3 Å².